The lowest BCUT2D eigenvalue weighted by atomic mass is 10.0. The van der Waals surface area contributed by atoms with Crippen LogP contribution in [0.4, 0.5) is 13.2 Å². The smallest absolute Gasteiger partial charge is 0.343 e. The highest BCUT2D eigenvalue weighted by Crippen LogP contribution is 2.58. The first-order valence-electron chi connectivity index (χ1n) is 7.62. The first kappa shape index (κ1) is 17.9. The minimum absolute atomic E-state index is 0.103. The van der Waals surface area contributed by atoms with Crippen molar-refractivity contribution in [3.05, 3.63) is 45.5 Å². The molecule has 3 rings (SSSR count). The zero-order chi connectivity index (χ0) is 18.4. The summed E-state index contributed by atoms with van der Waals surface area (Å²) < 4.78 is 44.8. The van der Waals surface area contributed by atoms with Crippen LogP contribution >= 0.6 is 15.9 Å². The van der Waals surface area contributed by atoms with Gasteiger partial charge in [0.25, 0.3) is 11.7 Å². The van der Waals surface area contributed by atoms with Crippen molar-refractivity contribution >= 4 is 21.8 Å². The molecule has 1 aromatic carbocycles. The van der Waals surface area contributed by atoms with E-state index in [1.165, 1.54) is 0 Å². The second-order valence-electron chi connectivity index (χ2n) is 6.20. The van der Waals surface area contributed by atoms with Crippen LogP contribution in [0.2, 0.25) is 0 Å². The molecule has 134 valence electrons. The van der Waals surface area contributed by atoms with Crippen molar-refractivity contribution in [2.75, 3.05) is 0 Å². The maximum atomic E-state index is 13.1. The van der Waals surface area contributed by atoms with E-state index in [9.17, 15) is 18.0 Å². The normalized spacial score (nSPS) is 17.2. The lowest BCUT2D eigenvalue weighted by Gasteiger charge is -2.16. The van der Waals surface area contributed by atoms with E-state index in [1.54, 1.807) is 6.92 Å². The van der Waals surface area contributed by atoms with Gasteiger partial charge >= 0.3 is 6.18 Å². The maximum Gasteiger partial charge on any atom is 0.403 e. The average molecular weight is 418 g/mol. The maximum absolute atomic E-state index is 13.1. The largest absolute Gasteiger partial charge is 0.403 e. The molecule has 1 fully saturated rings. The van der Waals surface area contributed by atoms with E-state index >= 15 is 0 Å². The summed E-state index contributed by atoms with van der Waals surface area (Å²) in [6.07, 6.45) is -4.67. The highest BCUT2D eigenvalue weighted by Gasteiger charge is 2.68. The van der Waals surface area contributed by atoms with Gasteiger partial charge in [-0.05, 0) is 49.9 Å². The number of carbonyl (C=O) groups is 1. The summed E-state index contributed by atoms with van der Waals surface area (Å²) in [6.45, 7) is 3.67. The molecule has 1 aliphatic rings. The summed E-state index contributed by atoms with van der Waals surface area (Å²) >= 11 is 3.36. The minimum Gasteiger partial charge on any atom is -0.343 e. The Labute approximate surface area is 150 Å². The van der Waals surface area contributed by atoms with E-state index in [4.69, 9.17) is 4.52 Å². The fraction of sp³-hybridized carbons (Fsp3) is 0.438. The molecule has 0 bridgehead atoms. The molecule has 25 heavy (non-hydrogen) atoms. The topological polar surface area (TPSA) is 68.0 Å². The van der Waals surface area contributed by atoms with E-state index in [2.05, 4.69) is 31.4 Å². The number of nitrogens with one attached hydrogen (secondary N) is 1. The van der Waals surface area contributed by atoms with Crippen molar-refractivity contribution in [2.45, 2.75) is 44.3 Å². The molecule has 9 heteroatoms. The van der Waals surface area contributed by atoms with Crippen LogP contribution in [0.3, 0.4) is 0 Å². The van der Waals surface area contributed by atoms with Gasteiger partial charge in [0.15, 0.2) is 0 Å². The Hall–Kier alpha value is -1.90. The van der Waals surface area contributed by atoms with Crippen LogP contribution in [0.15, 0.2) is 27.2 Å². The SMILES string of the molecule is Cc1cc(Br)ccc1[C@@H](C)NC(=O)c1noc(C2(C(F)(F)F)CC2)n1. The molecule has 0 saturated heterocycles. The fourth-order valence-electron chi connectivity index (χ4n) is 2.72. The Morgan fingerprint density at radius 1 is 1.40 bits per heavy atom. The van der Waals surface area contributed by atoms with Crippen LogP contribution in [0.25, 0.3) is 0 Å². The summed E-state index contributed by atoms with van der Waals surface area (Å²) in [4.78, 5) is 15.9. The third kappa shape index (κ3) is 3.29. The van der Waals surface area contributed by atoms with Gasteiger partial charge in [-0.1, -0.05) is 27.2 Å². The van der Waals surface area contributed by atoms with Gasteiger partial charge in [-0.2, -0.15) is 18.2 Å². The Balaban J connectivity index is 1.74. The number of amides is 1. The molecular weight excluding hydrogens is 403 g/mol. The van der Waals surface area contributed by atoms with Crippen LogP contribution in [0.1, 0.15) is 53.4 Å². The fourth-order valence-corrected chi connectivity index (χ4v) is 3.19. The highest BCUT2D eigenvalue weighted by molar-refractivity contribution is 9.10. The molecule has 1 N–H and O–H groups in total. The number of nitrogens with zero attached hydrogens (tertiary/aromatic N) is 2. The van der Waals surface area contributed by atoms with Gasteiger partial charge in [-0.15, -0.1) is 0 Å². The molecule has 0 aliphatic heterocycles. The number of aromatic nitrogens is 2. The van der Waals surface area contributed by atoms with E-state index in [0.29, 0.717) is 0 Å². The van der Waals surface area contributed by atoms with Crippen molar-refractivity contribution in [3.63, 3.8) is 0 Å². The van der Waals surface area contributed by atoms with Gasteiger partial charge in [0.1, 0.15) is 5.41 Å². The molecule has 2 aromatic rings. The number of halogens is 4. The summed E-state index contributed by atoms with van der Waals surface area (Å²) in [5.74, 6) is -1.62. The number of rotatable bonds is 4. The van der Waals surface area contributed by atoms with Gasteiger partial charge in [0.2, 0.25) is 5.89 Å². The third-order valence-electron chi connectivity index (χ3n) is 4.38. The van der Waals surface area contributed by atoms with E-state index < -0.39 is 29.2 Å². The van der Waals surface area contributed by atoms with Crippen LogP contribution in [0.5, 0.6) is 0 Å². The molecule has 1 heterocycles. The Morgan fingerprint density at radius 3 is 2.64 bits per heavy atom. The first-order chi connectivity index (χ1) is 11.6. The Bertz CT molecular complexity index is 815. The molecule has 0 unspecified atom stereocenters. The Morgan fingerprint density at radius 2 is 2.08 bits per heavy atom. The van der Waals surface area contributed by atoms with E-state index in [-0.39, 0.29) is 18.9 Å². The summed E-state index contributed by atoms with van der Waals surface area (Å²) in [5.41, 5.74) is -0.244. The number of aryl methyl sites for hydroxylation is 1. The third-order valence-corrected chi connectivity index (χ3v) is 4.87. The van der Waals surface area contributed by atoms with Gasteiger partial charge in [0.05, 0.1) is 6.04 Å². The summed E-state index contributed by atoms with van der Waals surface area (Å²) in [5, 5.41) is 6.09. The summed E-state index contributed by atoms with van der Waals surface area (Å²) in [7, 11) is 0. The first-order valence-corrected chi connectivity index (χ1v) is 8.41. The van der Waals surface area contributed by atoms with Crippen molar-refractivity contribution in [2.24, 2.45) is 0 Å². The molecule has 0 radical (unpaired) electrons. The molecular formula is C16H15BrF3N3O2. The van der Waals surface area contributed by atoms with Crippen molar-refractivity contribution in [3.8, 4) is 0 Å². The number of benzene rings is 1. The zero-order valence-corrected chi connectivity index (χ0v) is 15.0. The van der Waals surface area contributed by atoms with Crippen LogP contribution in [-0.2, 0) is 5.41 Å². The highest BCUT2D eigenvalue weighted by atomic mass is 79.9. The predicted octanol–water partition coefficient (Wildman–Crippen LogP) is 4.23. The average Bonchev–Trinajstić information content (AvgIpc) is 3.18. The number of alkyl halides is 3. The van der Waals surface area contributed by atoms with Crippen molar-refractivity contribution in [1.82, 2.24) is 15.5 Å². The van der Waals surface area contributed by atoms with Gasteiger partial charge in [0, 0.05) is 4.47 Å². The van der Waals surface area contributed by atoms with Gasteiger partial charge in [-0.25, -0.2) is 0 Å². The lowest BCUT2D eigenvalue weighted by molar-refractivity contribution is -0.166. The number of hydrogen-bond donors (Lipinski definition) is 1. The second-order valence-corrected chi connectivity index (χ2v) is 7.11. The van der Waals surface area contributed by atoms with Gasteiger partial charge in [-0.3, -0.25) is 4.79 Å². The molecule has 0 spiro atoms. The predicted molar refractivity (Wildman–Crippen MR) is 86.0 cm³/mol. The summed E-state index contributed by atoms with van der Waals surface area (Å²) in [6, 6.07) is 5.25. The van der Waals surface area contributed by atoms with E-state index in [0.717, 1.165) is 15.6 Å². The number of hydrogen-bond acceptors (Lipinski definition) is 4. The monoisotopic (exact) mass is 417 g/mol. The van der Waals surface area contributed by atoms with E-state index in [1.807, 2.05) is 25.1 Å². The molecule has 1 saturated carbocycles. The lowest BCUT2D eigenvalue weighted by Crippen LogP contribution is -2.30. The molecule has 1 atom stereocenters. The molecule has 5 nitrogen and oxygen atoms in total. The molecule has 1 aromatic heterocycles. The van der Waals surface area contributed by atoms with Crippen LogP contribution in [0, 0.1) is 6.92 Å². The van der Waals surface area contributed by atoms with Gasteiger partial charge < -0.3 is 9.84 Å². The minimum atomic E-state index is -4.46. The molecule has 1 amide bonds. The standard InChI is InChI=1S/C16H15BrF3N3O2/c1-8-7-10(17)3-4-11(8)9(2)21-13(24)12-22-14(25-23-12)15(5-6-15)16(18,19)20/h3-4,7,9H,5-6H2,1-2H3,(H,21,24)/t9-/m1/s1. The zero-order valence-electron chi connectivity index (χ0n) is 13.4. The van der Waals surface area contributed by atoms with Crippen LogP contribution < -0.4 is 5.32 Å². The van der Waals surface area contributed by atoms with Crippen molar-refractivity contribution in [1.29, 1.82) is 0 Å². The number of carbonyl (C=O) groups excluding carboxylic acids is 1. The quantitative estimate of drug-likeness (QED) is 0.808. The second kappa shape index (κ2) is 6.12. The Kier molecular flexibility index (Phi) is 4.38. The van der Waals surface area contributed by atoms with Crippen LogP contribution in [-0.4, -0.2) is 22.2 Å². The van der Waals surface area contributed by atoms with Crippen molar-refractivity contribution < 1.29 is 22.5 Å². The molecule has 1 aliphatic carbocycles.